The van der Waals surface area contributed by atoms with Crippen LogP contribution >= 0.6 is 11.3 Å². The van der Waals surface area contributed by atoms with Crippen LogP contribution < -0.4 is 40.3 Å². The first kappa shape index (κ1) is 52.8. The predicted octanol–water partition coefficient (Wildman–Crippen LogP) is 8.41. The Hall–Kier alpha value is -3.56. The Bertz CT molecular complexity index is 2510. The maximum atomic E-state index is 14.6. The van der Waals surface area contributed by atoms with Crippen molar-refractivity contribution in [3.8, 4) is 22.5 Å². The normalized spacial score (nSPS) is 21.5. The van der Waals surface area contributed by atoms with E-state index in [0.29, 0.717) is 52.7 Å². The molecule has 7 heterocycles. The molecule has 372 valence electrons. The average Bonchev–Trinajstić information content (AvgIpc) is 3.63. The molecule has 5 aliphatic rings. The van der Waals surface area contributed by atoms with Gasteiger partial charge in [0.2, 0.25) is 0 Å². The molecule has 1 aromatic carbocycles. The van der Waals surface area contributed by atoms with Gasteiger partial charge in [-0.25, -0.2) is 16.8 Å². The molecule has 70 heavy (non-hydrogen) atoms. The van der Waals surface area contributed by atoms with Gasteiger partial charge in [0.05, 0.1) is 28.8 Å². The molecule has 5 fully saturated rings. The summed E-state index contributed by atoms with van der Waals surface area (Å²) in [4.78, 5) is 17.6. The number of piperidine rings is 1. The van der Waals surface area contributed by atoms with Crippen LogP contribution in [0.15, 0.2) is 91.4 Å². The molecule has 1 spiro atoms. The summed E-state index contributed by atoms with van der Waals surface area (Å²) in [5.41, 5.74) is 12.2. The topological polar surface area (TPSA) is 67.5 Å². The number of hydrazine groups is 1. The molecule has 4 saturated heterocycles. The van der Waals surface area contributed by atoms with E-state index in [1.807, 2.05) is 43.7 Å². The number of hydrogen-bond donors (Lipinski definition) is 2. The van der Waals surface area contributed by atoms with E-state index in [-0.39, 0.29) is 47.1 Å². The van der Waals surface area contributed by atoms with Crippen molar-refractivity contribution >= 4 is 22.2 Å². The number of benzene rings is 1. The summed E-state index contributed by atoms with van der Waals surface area (Å²) in [5.74, 6) is 0.559. The number of aromatic nitrogens is 3. The first-order valence-electron chi connectivity index (χ1n) is 25.6. The standard InChI is InChI=1S/C56H75F3N9S.Na/c1-9-11-23-54(6,7)31-45-44-29-42(21-22-49(44)67(37-56(57,58)59)53(45)43-20-16-25-60-46(43)10-2)48-33-69-51(63-48)30-47(39(4)68-28-15-14-26-61-68)62-38(3)52(41-18-12-13-19-41)65-27-17-24-55(34-65)35-66(36-55)40(5)50-32-64(50)8;/h9-10,16,20-22,25,29,33,41,47,50,52,61-62H,1,3-5,11-15,17-19,23-24,26-28,30-32,34-37H2,2,6-8H3;/q-1;+1. The number of thiazole rings is 1. The molecule has 14 heteroatoms. The summed E-state index contributed by atoms with van der Waals surface area (Å²) in [6, 6.07) is 10.2. The molecule has 4 aliphatic heterocycles. The third-order valence-corrected chi connectivity index (χ3v) is 16.9. The number of hydrogen-bond acceptors (Lipinski definition) is 9. The average molecular weight is 986 g/mol. The molecule has 2 N–H and O–H groups in total. The molecule has 1 aliphatic carbocycles. The third-order valence-electron chi connectivity index (χ3n) is 16.0. The van der Waals surface area contributed by atoms with Gasteiger partial charge in [-0.15, -0.1) is 36.5 Å². The minimum absolute atomic E-state index is 0. The van der Waals surface area contributed by atoms with Crippen LogP contribution in [-0.2, 0) is 19.4 Å². The number of fused-ring (bicyclic) bond motifs is 1. The van der Waals surface area contributed by atoms with Crippen LogP contribution in [0, 0.1) is 23.2 Å². The maximum absolute atomic E-state index is 14.6. The molecule has 0 bridgehead atoms. The number of allylic oxidation sites excluding steroid dienone is 1. The summed E-state index contributed by atoms with van der Waals surface area (Å²) in [7, 11) is 2.19. The molecule has 9 nitrogen and oxygen atoms in total. The van der Waals surface area contributed by atoms with Crippen LogP contribution in [0.3, 0.4) is 0 Å². The molecule has 9 rings (SSSR count). The molecule has 4 unspecified atom stereocenters. The van der Waals surface area contributed by atoms with Crippen molar-refractivity contribution in [1.29, 1.82) is 0 Å². The Morgan fingerprint density at radius 3 is 2.51 bits per heavy atom. The number of nitrogens with zero attached hydrogens (tertiary/aromatic N) is 7. The number of halogens is 3. The zero-order chi connectivity index (χ0) is 48.7. The van der Waals surface area contributed by atoms with E-state index >= 15 is 0 Å². The molecule has 4 aromatic rings. The van der Waals surface area contributed by atoms with E-state index in [4.69, 9.17) is 18.1 Å². The van der Waals surface area contributed by atoms with Crippen LogP contribution in [0.2, 0.25) is 0 Å². The molecular weight excluding hydrogens is 911 g/mol. The second kappa shape index (κ2) is 21.9. The van der Waals surface area contributed by atoms with Gasteiger partial charge < -0.3 is 19.8 Å². The summed E-state index contributed by atoms with van der Waals surface area (Å²) in [6.07, 6.45) is 13.6. The number of likely N-dealkylation sites (tertiary alicyclic amines) is 2. The van der Waals surface area contributed by atoms with Gasteiger partial charge in [-0.1, -0.05) is 70.3 Å². The van der Waals surface area contributed by atoms with E-state index in [2.05, 4.69) is 80.9 Å². The van der Waals surface area contributed by atoms with Crippen molar-refractivity contribution in [2.45, 2.75) is 129 Å². The second-order valence-corrected chi connectivity index (χ2v) is 22.8. The van der Waals surface area contributed by atoms with Crippen molar-refractivity contribution in [3.63, 3.8) is 0 Å². The molecule has 4 atom stereocenters. The number of alkyl halides is 3. The molecular formula is C56H75F3N9NaS. The van der Waals surface area contributed by atoms with Crippen LogP contribution in [-0.4, -0.2) is 111 Å². The number of pyridine rings is 1. The zero-order valence-corrected chi connectivity index (χ0v) is 45.5. The first-order valence-corrected chi connectivity index (χ1v) is 26.5. The van der Waals surface area contributed by atoms with Gasteiger partial charge in [-0.05, 0) is 106 Å². The first-order chi connectivity index (χ1) is 33.1. The Morgan fingerprint density at radius 1 is 1.06 bits per heavy atom. The Labute approximate surface area is 442 Å². The van der Waals surface area contributed by atoms with Gasteiger partial charge in [0, 0.05) is 96.2 Å². The fraction of sp³-hybridized carbons (Fsp3) is 0.554. The minimum atomic E-state index is -4.44. The minimum Gasteiger partial charge on any atom is -0.379 e. The number of nitrogens with one attached hydrogen (secondary N) is 2. The number of rotatable bonds is 20. The van der Waals surface area contributed by atoms with E-state index in [0.717, 1.165) is 110 Å². The Kier molecular flexibility index (Phi) is 16.5. The Balaban J connectivity index is 0.00000659. The molecule has 0 amide bonds. The summed E-state index contributed by atoms with van der Waals surface area (Å²) in [6.45, 7) is 30.6. The predicted molar refractivity (Wildman–Crippen MR) is 277 cm³/mol. The quantitative estimate of drug-likeness (QED) is 0.0397. The second-order valence-electron chi connectivity index (χ2n) is 21.8. The van der Waals surface area contributed by atoms with Crippen molar-refractivity contribution in [3.05, 3.63) is 114 Å². The summed E-state index contributed by atoms with van der Waals surface area (Å²) >= 11 is 1.63. The molecule has 1 saturated carbocycles. The van der Waals surface area contributed by atoms with Crippen molar-refractivity contribution < 1.29 is 42.7 Å². The van der Waals surface area contributed by atoms with E-state index in [1.54, 1.807) is 17.5 Å². The summed E-state index contributed by atoms with van der Waals surface area (Å²) in [5, 5.41) is 10.2. The van der Waals surface area contributed by atoms with Crippen LogP contribution in [0.1, 0.15) is 101 Å². The van der Waals surface area contributed by atoms with Crippen LogP contribution in [0.5, 0.6) is 0 Å². The maximum Gasteiger partial charge on any atom is 1.00 e. The van der Waals surface area contributed by atoms with Crippen molar-refractivity contribution in [2.24, 2.45) is 16.7 Å². The third kappa shape index (κ3) is 11.6. The van der Waals surface area contributed by atoms with Crippen LogP contribution in [0.25, 0.3) is 33.4 Å². The van der Waals surface area contributed by atoms with Gasteiger partial charge >= 0.3 is 35.7 Å². The van der Waals surface area contributed by atoms with Crippen LogP contribution in [0.4, 0.5) is 13.2 Å². The molecule has 0 radical (unpaired) electrons. The molecule has 3 aromatic heterocycles. The zero-order valence-electron chi connectivity index (χ0n) is 42.6. The van der Waals surface area contributed by atoms with Gasteiger partial charge in [0.15, 0.2) is 0 Å². The fourth-order valence-corrected chi connectivity index (χ4v) is 13.1. The van der Waals surface area contributed by atoms with Crippen molar-refractivity contribution in [2.75, 3.05) is 52.9 Å². The largest absolute Gasteiger partial charge is 1.00 e. The van der Waals surface area contributed by atoms with E-state index in [9.17, 15) is 13.2 Å². The van der Waals surface area contributed by atoms with E-state index < -0.39 is 12.7 Å². The SMILES string of the molecule is C=CCCC(C)(C)Cc1c(-c2cccnc2[CH-]C)n(CC(F)(F)F)c2ccc(-c3csc(CC(NC(=C)C(C4CCCC4)N4CCCC5(CN(C(=C)C6CN6C)C5)C4)C(=C)N4CCCCN4)n3)cc12.[Na+]. The smallest absolute Gasteiger partial charge is 0.379 e. The van der Waals surface area contributed by atoms with Gasteiger partial charge in [0.25, 0.3) is 0 Å². The number of likely N-dealkylation sites (N-methyl/N-ethyl adjacent to an activating group) is 1. The summed E-state index contributed by atoms with van der Waals surface area (Å²) < 4.78 is 45.3. The van der Waals surface area contributed by atoms with Gasteiger partial charge in [-0.2, -0.15) is 13.2 Å². The monoisotopic (exact) mass is 986 g/mol. The van der Waals surface area contributed by atoms with Gasteiger partial charge in [-0.3, -0.25) is 14.8 Å². The van der Waals surface area contributed by atoms with Crippen molar-refractivity contribution in [1.82, 2.24) is 45.0 Å². The van der Waals surface area contributed by atoms with E-state index in [1.165, 1.54) is 48.8 Å². The Morgan fingerprint density at radius 2 is 1.83 bits per heavy atom. The fourth-order valence-electron chi connectivity index (χ4n) is 12.3. The van der Waals surface area contributed by atoms with Gasteiger partial charge in [0.1, 0.15) is 6.54 Å².